The van der Waals surface area contributed by atoms with Crippen LogP contribution in [0.3, 0.4) is 0 Å². The molecule has 0 radical (unpaired) electrons. The second-order valence-corrected chi connectivity index (χ2v) is 5.35. The van der Waals surface area contributed by atoms with Gasteiger partial charge in [0.05, 0.1) is 16.1 Å². The molecule has 0 aliphatic rings. The minimum Gasteiger partial charge on any atom is -0.398 e. The predicted molar refractivity (Wildman–Crippen MR) is 85.5 cm³/mol. The van der Waals surface area contributed by atoms with Gasteiger partial charge in [-0.15, -0.1) is 0 Å². The van der Waals surface area contributed by atoms with E-state index in [2.05, 4.69) is 21.2 Å². The first-order valence-corrected chi connectivity index (χ1v) is 7.32. The van der Waals surface area contributed by atoms with Crippen LogP contribution >= 0.6 is 15.9 Å². The van der Waals surface area contributed by atoms with Gasteiger partial charge < -0.3 is 11.1 Å². The van der Waals surface area contributed by atoms with E-state index in [1.54, 1.807) is 18.2 Å². The monoisotopic (exact) mass is 332 g/mol. The van der Waals surface area contributed by atoms with E-state index in [0.717, 1.165) is 12.0 Å². The second kappa shape index (κ2) is 6.57. The van der Waals surface area contributed by atoms with Crippen molar-refractivity contribution in [3.8, 4) is 0 Å². The molecule has 0 aliphatic heterocycles. The molecule has 0 heterocycles. The van der Waals surface area contributed by atoms with Gasteiger partial charge in [-0.2, -0.15) is 0 Å². The van der Waals surface area contributed by atoms with Crippen molar-refractivity contribution in [3.05, 3.63) is 64.1 Å². The Bertz CT molecular complexity index is 599. The topological polar surface area (TPSA) is 55.1 Å². The quantitative estimate of drug-likeness (QED) is 0.834. The SMILES string of the molecule is CCC(NC(=O)c1cccc(N)c1Br)c1ccccc1. The Morgan fingerprint density at radius 1 is 1.20 bits per heavy atom. The van der Waals surface area contributed by atoms with Gasteiger partial charge in [0.1, 0.15) is 0 Å². The summed E-state index contributed by atoms with van der Waals surface area (Å²) in [5.41, 5.74) is 8.02. The summed E-state index contributed by atoms with van der Waals surface area (Å²) in [6.45, 7) is 2.05. The molecule has 3 N–H and O–H groups in total. The first-order valence-electron chi connectivity index (χ1n) is 6.53. The van der Waals surface area contributed by atoms with Gasteiger partial charge >= 0.3 is 0 Å². The molecular weight excluding hydrogens is 316 g/mol. The normalized spacial score (nSPS) is 11.9. The van der Waals surface area contributed by atoms with E-state index in [4.69, 9.17) is 5.73 Å². The van der Waals surface area contributed by atoms with Crippen molar-refractivity contribution >= 4 is 27.5 Å². The highest BCUT2D eigenvalue weighted by atomic mass is 79.9. The lowest BCUT2D eigenvalue weighted by atomic mass is 10.0. The third-order valence-corrected chi connectivity index (χ3v) is 4.07. The zero-order valence-electron chi connectivity index (χ0n) is 11.3. The highest BCUT2D eigenvalue weighted by Crippen LogP contribution is 2.25. The molecule has 0 bridgehead atoms. The number of amides is 1. The number of carbonyl (C=O) groups is 1. The number of nitrogens with two attached hydrogens (primary N) is 1. The average Bonchev–Trinajstić information content (AvgIpc) is 2.48. The molecule has 2 rings (SSSR count). The summed E-state index contributed by atoms with van der Waals surface area (Å²) in [5, 5.41) is 3.04. The number of halogens is 1. The van der Waals surface area contributed by atoms with E-state index in [1.807, 2.05) is 37.3 Å². The van der Waals surface area contributed by atoms with Gasteiger partial charge in [-0.05, 0) is 40.0 Å². The molecule has 3 nitrogen and oxygen atoms in total. The largest absolute Gasteiger partial charge is 0.398 e. The molecular formula is C16H17BrN2O. The van der Waals surface area contributed by atoms with Gasteiger partial charge in [0, 0.05) is 5.69 Å². The van der Waals surface area contributed by atoms with Crippen LogP contribution in [0.25, 0.3) is 0 Å². The fraction of sp³-hybridized carbons (Fsp3) is 0.188. The molecule has 2 aromatic carbocycles. The smallest absolute Gasteiger partial charge is 0.252 e. The Labute approximate surface area is 127 Å². The molecule has 1 unspecified atom stereocenters. The third kappa shape index (κ3) is 3.20. The van der Waals surface area contributed by atoms with Crippen LogP contribution in [-0.2, 0) is 0 Å². The van der Waals surface area contributed by atoms with E-state index in [9.17, 15) is 4.79 Å². The highest BCUT2D eigenvalue weighted by Gasteiger charge is 2.16. The van der Waals surface area contributed by atoms with E-state index >= 15 is 0 Å². The van der Waals surface area contributed by atoms with E-state index in [-0.39, 0.29) is 11.9 Å². The summed E-state index contributed by atoms with van der Waals surface area (Å²) in [7, 11) is 0. The van der Waals surface area contributed by atoms with Crippen molar-refractivity contribution in [2.24, 2.45) is 0 Å². The van der Waals surface area contributed by atoms with E-state index in [0.29, 0.717) is 15.7 Å². The minimum absolute atomic E-state index is 0.00275. The van der Waals surface area contributed by atoms with Crippen LogP contribution in [0, 0.1) is 0 Å². The van der Waals surface area contributed by atoms with E-state index in [1.165, 1.54) is 0 Å². The van der Waals surface area contributed by atoms with Gasteiger partial charge in [-0.25, -0.2) is 0 Å². The number of rotatable bonds is 4. The standard InChI is InChI=1S/C16H17BrN2O/c1-2-14(11-7-4-3-5-8-11)19-16(20)12-9-6-10-13(18)15(12)17/h3-10,14H,2,18H2,1H3,(H,19,20). The molecule has 0 fully saturated rings. The molecule has 1 amide bonds. The Morgan fingerprint density at radius 3 is 2.55 bits per heavy atom. The lowest BCUT2D eigenvalue weighted by molar-refractivity contribution is 0.0935. The van der Waals surface area contributed by atoms with Crippen LogP contribution in [0.4, 0.5) is 5.69 Å². The molecule has 20 heavy (non-hydrogen) atoms. The second-order valence-electron chi connectivity index (χ2n) is 4.55. The fourth-order valence-corrected chi connectivity index (χ4v) is 2.51. The number of nitrogen functional groups attached to an aromatic ring is 1. The van der Waals surface area contributed by atoms with Crippen LogP contribution in [-0.4, -0.2) is 5.91 Å². The molecule has 4 heteroatoms. The van der Waals surface area contributed by atoms with Crippen LogP contribution in [0.1, 0.15) is 35.3 Å². The maximum absolute atomic E-state index is 12.4. The highest BCUT2D eigenvalue weighted by molar-refractivity contribution is 9.10. The zero-order chi connectivity index (χ0) is 14.5. The molecule has 0 spiro atoms. The summed E-state index contributed by atoms with van der Waals surface area (Å²) < 4.78 is 0.639. The summed E-state index contributed by atoms with van der Waals surface area (Å²) in [5.74, 6) is -0.125. The maximum Gasteiger partial charge on any atom is 0.252 e. The van der Waals surface area contributed by atoms with Gasteiger partial charge in [0.2, 0.25) is 0 Å². The zero-order valence-corrected chi connectivity index (χ0v) is 12.9. The molecule has 0 aromatic heterocycles. The first kappa shape index (κ1) is 14.6. The summed E-state index contributed by atoms with van der Waals surface area (Å²) in [4.78, 5) is 12.4. The van der Waals surface area contributed by atoms with Gasteiger partial charge in [0.25, 0.3) is 5.91 Å². The Hall–Kier alpha value is -1.81. The summed E-state index contributed by atoms with van der Waals surface area (Å²) in [6, 6.07) is 15.2. The first-order chi connectivity index (χ1) is 9.63. The maximum atomic E-state index is 12.4. The van der Waals surface area contributed by atoms with Crippen LogP contribution in [0.5, 0.6) is 0 Å². The van der Waals surface area contributed by atoms with Crippen molar-refractivity contribution in [1.82, 2.24) is 5.32 Å². The van der Waals surface area contributed by atoms with Crippen molar-refractivity contribution in [3.63, 3.8) is 0 Å². The number of benzene rings is 2. The van der Waals surface area contributed by atoms with Crippen LogP contribution in [0.15, 0.2) is 53.0 Å². The lowest BCUT2D eigenvalue weighted by Gasteiger charge is -2.18. The molecule has 0 saturated heterocycles. The third-order valence-electron chi connectivity index (χ3n) is 3.19. The Morgan fingerprint density at radius 2 is 1.90 bits per heavy atom. The molecule has 0 saturated carbocycles. The number of nitrogens with one attached hydrogen (secondary N) is 1. The van der Waals surface area contributed by atoms with Crippen molar-refractivity contribution in [2.75, 3.05) is 5.73 Å². The fourth-order valence-electron chi connectivity index (χ4n) is 2.07. The molecule has 104 valence electrons. The number of hydrogen-bond donors (Lipinski definition) is 2. The van der Waals surface area contributed by atoms with Crippen molar-refractivity contribution < 1.29 is 4.79 Å². The molecule has 0 aliphatic carbocycles. The molecule has 2 aromatic rings. The van der Waals surface area contributed by atoms with Gasteiger partial charge in [-0.1, -0.05) is 43.3 Å². The number of anilines is 1. The van der Waals surface area contributed by atoms with Crippen molar-refractivity contribution in [1.29, 1.82) is 0 Å². The van der Waals surface area contributed by atoms with Crippen molar-refractivity contribution in [2.45, 2.75) is 19.4 Å². The average molecular weight is 333 g/mol. The Balaban J connectivity index is 2.20. The van der Waals surface area contributed by atoms with Crippen LogP contribution < -0.4 is 11.1 Å². The lowest BCUT2D eigenvalue weighted by Crippen LogP contribution is -2.28. The minimum atomic E-state index is -0.125. The molecule has 1 atom stereocenters. The van der Waals surface area contributed by atoms with E-state index < -0.39 is 0 Å². The van der Waals surface area contributed by atoms with Gasteiger partial charge in [0.15, 0.2) is 0 Å². The summed E-state index contributed by atoms with van der Waals surface area (Å²) in [6.07, 6.45) is 0.829. The number of hydrogen-bond acceptors (Lipinski definition) is 2. The predicted octanol–water partition coefficient (Wildman–Crippen LogP) is 3.91. The van der Waals surface area contributed by atoms with Gasteiger partial charge in [-0.3, -0.25) is 4.79 Å². The summed E-state index contributed by atoms with van der Waals surface area (Å²) >= 11 is 3.36. The number of carbonyl (C=O) groups excluding carboxylic acids is 1. The Kier molecular flexibility index (Phi) is 4.79. The van der Waals surface area contributed by atoms with Crippen LogP contribution in [0.2, 0.25) is 0 Å².